The topological polar surface area (TPSA) is 41.6 Å². The summed E-state index contributed by atoms with van der Waals surface area (Å²) in [6.07, 6.45) is 3.78. The van der Waals surface area contributed by atoms with Crippen LogP contribution in [0.4, 0.5) is 0 Å². The van der Waals surface area contributed by atoms with E-state index >= 15 is 0 Å². The van der Waals surface area contributed by atoms with E-state index < -0.39 is 0 Å². The van der Waals surface area contributed by atoms with E-state index in [0.717, 1.165) is 17.1 Å². The first-order valence-corrected chi connectivity index (χ1v) is 8.88. The van der Waals surface area contributed by atoms with Gasteiger partial charge in [-0.25, -0.2) is 4.98 Å². The van der Waals surface area contributed by atoms with E-state index in [1.807, 2.05) is 36.5 Å². The van der Waals surface area contributed by atoms with E-state index in [9.17, 15) is 5.26 Å². The lowest BCUT2D eigenvalue weighted by Crippen LogP contribution is -2.02. The van der Waals surface area contributed by atoms with Crippen LogP contribution >= 0.6 is 0 Å². The van der Waals surface area contributed by atoms with Crippen molar-refractivity contribution in [3.63, 3.8) is 0 Å². The predicted octanol–water partition coefficient (Wildman–Crippen LogP) is 5.69. The standard InChI is InChI=1S/C24H19N3/c1-17-13-22(20-8-4-3-5-9-20)14-18(2)23(17)27-12-11-26-24(27)21-10-6-7-19(15-21)16-25/h3-15H,1-2H3. The predicted molar refractivity (Wildman–Crippen MR) is 109 cm³/mol. The highest BCUT2D eigenvalue weighted by Gasteiger charge is 2.14. The minimum absolute atomic E-state index is 0.634. The molecule has 0 spiro atoms. The Kier molecular flexibility index (Phi) is 4.32. The molecule has 3 nitrogen and oxygen atoms in total. The summed E-state index contributed by atoms with van der Waals surface area (Å²) in [4.78, 5) is 4.55. The Morgan fingerprint density at radius 2 is 1.52 bits per heavy atom. The maximum Gasteiger partial charge on any atom is 0.144 e. The Balaban J connectivity index is 1.84. The van der Waals surface area contributed by atoms with Crippen LogP contribution in [-0.2, 0) is 0 Å². The minimum atomic E-state index is 0.634. The zero-order valence-corrected chi connectivity index (χ0v) is 15.3. The third-order valence-corrected chi connectivity index (χ3v) is 4.73. The molecule has 1 aromatic heterocycles. The minimum Gasteiger partial charge on any atom is -0.299 e. The van der Waals surface area contributed by atoms with Crippen molar-refractivity contribution in [1.29, 1.82) is 5.26 Å². The van der Waals surface area contributed by atoms with Gasteiger partial charge in [0.15, 0.2) is 0 Å². The summed E-state index contributed by atoms with van der Waals surface area (Å²) in [7, 11) is 0. The number of nitriles is 1. The number of benzene rings is 3. The Hall–Kier alpha value is -3.64. The third kappa shape index (κ3) is 3.14. The average molecular weight is 349 g/mol. The number of hydrogen-bond acceptors (Lipinski definition) is 2. The Morgan fingerprint density at radius 1 is 0.815 bits per heavy atom. The van der Waals surface area contributed by atoms with Crippen molar-refractivity contribution in [2.75, 3.05) is 0 Å². The molecule has 0 N–H and O–H groups in total. The zero-order chi connectivity index (χ0) is 18.8. The van der Waals surface area contributed by atoms with Gasteiger partial charge in [0.25, 0.3) is 0 Å². The van der Waals surface area contributed by atoms with Crippen molar-refractivity contribution >= 4 is 0 Å². The van der Waals surface area contributed by atoms with Crippen molar-refractivity contribution in [2.45, 2.75) is 13.8 Å². The molecular formula is C24H19N3. The van der Waals surface area contributed by atoms with Crippen molar-refractivity contribution in [3.8, 4) is 34.3 Å². The molecule has 1 heterocycles. The lowest BCUT2D eigenvalue weighted by atomic mass is 9.98. The molecule has 0 bridgehead atoms. The molecule has 0 aliphatic rings. The highest BCUT2D eigenvalue weighted by atomic mass is 15.1. The van der Waals surface area contributed by atoms with Gasteiger partial charge in [0.05, 0.1) is 17.3 Å². The molecule has 0 unspecified atom stereocenters. The van der Waals surface area contributed by atoms with Crippen LogP contribution in [0.5, 0.6) is 0 Å². The smallest absolute Gasteiger partial charge is 0.144 e. The molecule has 0 saturated heterocycles. The SMILES string of the molecule is Cc1cc(-c2ccccc2)cc(C)c1-n1ccnc1-c1cccc(C#N)c1. The van der Waals surface area contributed by atoms with Gasteiger partial charge in [0.2, 0.25) is 0 Å². The molecule has 0 atom stereocenters. The normalized spacial score (nSPS) is 10.6. The number of aromatic nitrogens is 2. The van der Waals surface area contributed by atoms with Gasteiger partial charge in [-0.2, -0.15) is 5.26 Å². The van der Waals surface area contributed by atoms with E-state index in [4.69, 9.17) is 0 Å². The monoisotopic (exact) mass is 349 g/mol. The van der Waals surface area contributed by atoms with Crippen LogP contribution in [0.15, 0.2) is 79.1 Å². The van der Waals surface area contributed by atoms with Crippen LogP contribution < -0.4 is 0 Å². The molecule has 3 heteroatoms. The summed E-state index contributed by atoms with van der Waals surface area (Å²) in [5, 5.41) is 9.20. The van der Waals surface area contributed by atoms with Gasteiger partial charge >= 0.3 is 0 Å². The first-order chi connectivity index (χ1) is 13.2. The molecule has 0 saturated carbocycles. The Bertz CT molecular complexity index is 1120. The van der Waals surface area contributed by atoms with Crippen LogP contribution in [0.1, 0.15) is 16.7 Å². The largest absolute Gasteiger partial charge is 0.299 e. The summed E-state index contributed by atoms with van der Waals surface area (Å²) in [6, 6.07) is 24.6. The van der Waals surface area contributed by atoms with Crippen molar-refractivity contribution < 1.29 is 0 Å². The Labute approximate surface area is 159 Å². The lowest BCUT2D eigenvalue weighted by Gasteiger charge is -2.16. The molecule has 0 fully saturated rings. The highest BCUT2D eigenvalue weighted by molar-refractivity contribution is 5.70. The fourth-order valence-electron chi connectivity index (χ4n) is 3.56. The van der Waals surface area contributed by atoms with Gasteiger partial charge < -0.3 is 0 Å². The number of nitrogens with zero attached hydrogens (tertiary/aromatic N) is 3. The van der Waals surface area contributed by atoms with Crippen molar-refractivity contribution in [2.24, 2.45) is 0 Å². The number of aryl methyl sites for hydroxylation is 2. The molecule has 27 heavy (non-hydrogen) atoms. The summed E-state index contributed by atoms with van der Waals surface area (Å²) in [5.41, 5.74) is 7.49. The fourth-order valence-corrected chi connectivity index (χ4v) is 3.56. The van der Waals surface area contributed by atoms with Crippen LogP contribution in [0.2, 0.25) is 0 Å². The van der Waals surface area contributed by atoms with E-state index in [0.29, 0.717) is 5.56 Å². The first kappa shape index (κ1) is 16.8. The van der Waals surface area contributed by atoms with Gasteiger partial charge in [-0.3, -0.25) is 4.57 Å². The number of hydrogen-bond donors (Lipinski definition) is 0. The summed E-state index contributed by atoms with van der Waals surface area (Å²) in [6.45, 7) is 4.26. The van der Waals surface area contributed by atoms with Gasteiger partial charge in [-0.15, -0.1) is 0 Å². The summed E-state index contributed by atoms with van der Waals surface area (Å²) >= 11 is 0. The fraction of sp³-hybridized carbons (Fsp3) is 0.0833. The van der Waals surface area contributed by atoms with E-state index in [2.05, 4.69) is 65.9 Å². The second-order valence-electron chi connectivity index (χ2n) is 6.64. The molecule has 0 aliphatic carbocycles. The maximum absolute atomic E-state index is 9.20. The molecule has 130 valence electrons. The summed E-state index contributed by atoms with van der Waals surface area (Å²) in [5.74, 6) is 0.839. The lowest BCUT2D eigenvalue weighted by molar-refractivity contribution is 1.03. The van der Waals surface area contributed by atoms with E-state index in [-0.39, 0.29) is 0 Å². The van der Waals surface area contributed by atoms with Gasteiger partial charge in [-0.1, -0.05) is 42.5 Å². The van der Waals surface area contributed by atoms with Gasteiger partial charge in [-0.05, 0) is 60.4 Å². The molecule has 0 aliphatic heterocycles. The highest BCUT2D eigenvalue weighted by Crippen LogP contribution is 2.30. The van der Waals surface area contributed by atoms with E-state index in [1.165, 1.54) is 22.3 Å². The summed E-state index contributed by atoms with van der Waals surface area (Å²) < 4.78 is 2.11. The number of imidazole rings is 1. The second-order valence-corrected chi connectivity index (χ2v) is 6.64. The number of rotatable bonds is 3. The molecule has 4 rings (SSSR count). The van der Waals surface area contributed by atoms with Crippen LogP contribution in [0, 0.1) is 25.2 Å². The second kappa shape index (κ2) is 6.93. The van der Waals surface area contributed by atoms with Crippen molar-refractivity contribution in [3.05, 3.63) is 95.8 Å². The third-order valence-electron chi connectivity index (χ3n) is 4.73. The van der Waals surface area contributed by atoms with Gasteiger partial charge in [0.1, 0.15) is 5.82 Å². The van der Waals surface area contributed by atoms with Crippen LogP contribution in [-0.4, -0.2) is 9.55 Å². The molecule has 0 radical (unpaired) electrons. The zero-order valence-electron chi connectivity index (χ0n) is 15.3. The Morgan fingerprint density at radius 3 is 2.22 bits per heavy atom. The van der Waals surface area contributed by atoms with Crippen LogP contribution in [0.3, 0.4) is 0 Å². The van der Waals surface area contributed by atoms with E-state index in [1.54, 1.807) is 6.20 Å². The average Bonchev–Trinajstić information content (AvgIpc) is 3.17. The first-order valence-electron chi connectivity index (χ1n) is 8.88. The quantitative estimate of drug-likeness (QED) is 0.476. The van der Waals surface area contributed by atoms with Gasteiger partial charge in [0, 0.05) is 18.0 Å². The maximum atomic E-state index is 9.20. The molecule has 0 amide bonds. The van der Waals surface area contributed by atoms with Crippen molar-refractivity contribution in [1.82, 2.24) is 9.55 Å². The van der Waals surface area contributed by atoms with Crippen LogP contribution in [0.25, 0.3) is 28.2 Å². The molecule has 3 aromatic carbocycles. The molecular weight excluding hydrogens is 330 g/mol. The molecule has 4 aromatic rings.